The summed E-state index contributed by atoms with van der Waals surface area (Å²) < 4.78 is 24.3. The number of hydrogen-bond acceptors (Lipinski definition) is 9. The second-order valence-corrected chi connectivity index (χ2v) is 14.0. The van der Waals surface area contributed by atoms with E-state index in [9.17, 15) is 19.2 Å². The zero-order valence-corrected chi connectivity index (χ0v) is 21.3. The van der Waals surface area contributed by atoms with Gasteiger partial charge in [0, 0.05) is 0 Å². The van der Waals surface area contributed by atoms with Gasteiger partial charge in [-0.3, -0.25) is 0 Å². The molecule has 2 heterocycles. The molecule has 168 valence electrons. The van der Waals surface area contributed by atoms with E-state index in [2.05, 4.69) is 3.53 Å². The van der Waals surface area contributed by atoms with Gasteiger partial charge in [-0.1, -0.05) is 0 Å². The van der Waals surface area contributed by atoms with E-state index in [1.54, 1.807) is 27.7 Å². The van der Waals surface area contributed by atoms with Gasteiger partial charge in [0.1, 0.15) is 5.60 Å². The summed E-state index contributed by atoms with van der Waals surface area (Å²) in [5.74, 6) is -3.83. The van der Waals surface area contributed by atoms with E-state index in [0.29, 0.717) is 6.42 Å². The molecule has 0 radical (unpaired) electrons. The van der Waals surface area contributed by atoms with Crippen molar-refractivity contribution in [2.75, 3.05) is 6.61 Å². The number of halogens is 2. The van der Waals surface area contributed by atoms with Crippen molar-refractivity contribution in [3.63, 3.8) is 0 Å². The zero-order valence-electron chi connectivity index (χ0n) is 17.0. The van der Waals surface area contributed by atoms with Crippen LogP contribution in [0.1, 0.15) is 34.1 Å². The van der Waals surface area contributed by atoms with Gasteiger partial charge in [0.25, 0.3) is 0 Å². The van der Waals surface area contributed by atoms with E-state index in [1.165, 1.54) is 0 Å². The summed E-state index contributed by atoms with van der Waals surface area (Å²) in [6.45, 7) is 6.54. The van der Waals surface area contributed by atoms with E-state index >= 15 is 0 Å². The molecule has 4 rings (SSSR count). The van der Waals surface area contributed by atoms with Gasteiger partial charge in [0.2, 0.25) is 0 Å². The first-order chi connectivity index (χ1) is 13.9. The molecule has 0 spiro atoms. The Morgan fingerprint density at radius 1 is 1.23 bits per heavy atom. The van der Waals surface area contributed by atoms with E-state index in [1.807, 2.05) is 22.6 Å². The van der Waals surface area contributed by atoms with Crippen LogP contribution in [-0.2, 0) is 38.1 Å². The third-order valence-corrected chi connectivity index (χ3v) is 10.7. The van der Waals surface area contributed by atoms with Gasteiger partial charge in [-0.25, -0.2) is 0 Å². The number of rotatable bonds is 6. The Bertz CT molecular complexity index is 790. The van der Waals surface area contributed by atoms with Crippen molar-refractivity contribution in [3.05, 3.63) is 0 Å². The molecule has 0 aromatic heterocycles. The average molecular weight is 648 g/mol. The summed E-state index contributed by atoms with van der Waals surface area (Å²) in [5, 5.41) is 0. The van der Waals surface area contributed by atoms with Gasteiger partial charge in [-0.05, 0) is 20.8 Å². The molecule has 2 bridgehead atoms. The van der Waals surface area contributed by atoms with E-state index in [4.69, 9.17) is 18.9 Å². The van der Waals surface area contributed by atoms with Crippen molar-refractivity contribution in [3.8, 4) is 0 Å². The predicted molar refractivity (Wildman–Crippen MR) is 104 cm³/mol. The quantitative estimate of drug-likeness (QED) is 0.0645. The van der Waals surface area contributed by atoms with Crippen LogP contribution >= 0.6 is 22.6 Å². The Labute approximate surface area is 198 Å². The van der Waals surface area contributed by atoms with Crippen molar-refractivity contribution in [1.82, 2.24) is 3.53 Å². The molecular weight excluding hydrogens is 624 g/mol. The molecule has 8 atom stereocenters. The topological polar surface area (TPSA) is 127 Å². The number of nitrogens with one attached hydrogen (secondary N) is 1. The SMILES string of the molecule is CC(C)(C)OC(=O)C1C2CC3C(OC(=O)C31)C2OC(=O)COC(=O)C(C)(I)C1N[I-]1. The van der Waals surface area contributed by atoms with Crippen LogP contribution in [0.25, 0.3) is 0 Å². The second-order valence-electron chi connectivity index (χ2n) is 9.24. The van der Waals surface area contributed by atoms with Gasteiger partial charge < -0.3 is 0 Å². The molecule has 2 aliphatic heterocycles. The van der Waals surface area contributed by atoms with Crippen LogP contribution in [0.15, 0.2) is 0 Å². The maximum atomic E-state index is 12.8. The summed E-state index contributed by atoms with van der Waals surface area (Å²) in [6, 6.07) is 0. The van der Waals surface area contributed by atoms with Crippen LogP contribution in [0, 0.1) is 23.7 Å². The van der Waals surface area contributed by atoms with Crippen LogP contribution in [-0.4, -0.2) is 55.8 Å². The second kappa shape index (κ2) is 7.71. The number of carbonyl (C=O) groups is 4. The first-order valence-electron chi connectivity index (χ1n) is 9.77. The van der Waals surface area contributed by atoms with Crippen molar-refractivity contribution < 1.29 is 59.6 Å². The fourth-order valence-electron chi connectivity index (χ4n) is 4.63. The number of esters is 4. The number of carbonyl (C=O) groups excluding carboxylic acids is 4. The van der Waals surface area contributed by atoms with Gasteiger partial charge in [-0.15, -0.1) is 0 Å². The van der Waals surface area contributed by atoms with Crippen LogP contribution in [0.3, 0.4) is 0 Å². The standard InChI is InChI=1S/C19H24I2NO8/c1-18(2,3)30-15(25)11-8-5-7-10(11)14(24)29-13(7)12(8)28-9(23)6-27-17(26)19(4,20)16-21-22-16/h7-8,10-13,16,22H,5-6H2,1-4H3/q-1. The Hall–Kier alpha value is -0.700. The van der Waals surface area contributed by atoms with Crippen LogP contribution in [0.5, 0.6) is 0 Å². The zero-order chi connectivity index (χ0) is 22.0. The fourth-order valence-corrected chi connectivity index (χ4v) is 7.97. The van der Waals surface area contributed by atoms with Crippen molar-refractivity contribution in [2.24, 2.45) is 23.7 Å². The molecule has 8 unspecified atom stereocenters. The Balaban J connectivity index is 1.39. The van der Waals surface area contributed by atoms with Crippen LogP contribution in [0.2, 0.25) is 0 Å². The van der Waals surface area contributed by atoms with Gasteiger partial charge in [0.05, 0.1) is 0 Å². The summed E-state index contributed by atoms with van der Waals surface area (Å²) >= 11 is 1.84. The average Bonchev–Trinajstić information content (AvgIpc) is 3.28. The number of alkyl halides is 2. The molecule has 0 amide bonds. The van der Waals surface area contributed by atoms with Crippen LogP contribution in [0.4, 0.5) is 0 Å². The maximum absolute atomic E-state index is 12.8. The molecule has 1 N–H and O–H groups in total. The molecule has 4 fully saturated rings. The normalized spacial score (nSPS) is 38.2. The molecule has 2 saturated carbocycles. The van der Waals surface area contributed by atoms with Gasteiger partial charge in [0.15, 0.2) is 0 Å². The van der Waals surface area contributed by atoms with Crippen molar-refractivity contribution >= 4 is 46.5 Å². The fraction of sp³-hybridized carbons (Fsp3) is 0.789. The van der Waals surface area contributed by atoms with E-state index in [0.717, 1.165) is 0 Å². The molecule has 2 aliphatic carbocycles. The Morgan fingerprint density at radius 3 is 2.50 bits per heavy atom. The number of ether oxygens (including phenoxy) is 4. The van der Waals surface area contributed by atoms with Crippen molar-refractivity contribution in [2.45, 2.75) is 59.4 Å². The molecule has 9 nitrogen and oxygen atoms in total. The molecular formula is C19H24I2NO8-. The third-order valence-electron chi connectivity index (χ3n) is 5.91. The first kappa shape index (κ1) is 22.5. The minimum atomic E-state index is -0.733. The Kier molecular flexibility index (Phi) is 5.78. The Morgan fingerprint density at radius 2 is 1.90 bits per heavy atom. The monoisotopic (exact) mass is 648 g/mol. The number of fused-ring (bicyclic) bond motifs is 1. The molecule has 4 aliphatic rings. The molecule has 0 aromatic rings. The third kappa shape index (κ3) is 4.05. The summed E-state index contributed by atoms with van der Waals surface area (Å²) in [4.78, 5) is 49.8. The molecule has 2 saturated heterocycles. The molecule has 0 aromatic carbocycles. The first-order valence-corrected chi connectivity index (χ1v) is 13.2. The summed E-state index contributed by atoms with van der Waals surface area (Å²) in [6.07, 6.45) is -0.726. The van der Waals surface area contributed by atoms with E-state index < -0.39 is 63.6 Å². The molecule has 11 heteroatoms. The van der Waals surface area contributed by atoms with Gasteiger partial charge >= 0.3 is 173 Å². The summed E-state index contributed by atoms with van der Waals surface area (Å²) in [5.41, 5.74) is -0.689. The van der Waals surface area contributed by atoms with Gasteiger partial charge in [-0.2, -0.15) is 0 Å². The van der Waals surface area contributed by atoms with Crippen LogP contribution < -0.4 is 25.0 Å². The predicted octanol–water partition coefficient (Wildman–Crippen LogP) is -2.28. The number of hydrogen-bond donors (Lipinski definition) is 1. The van der Waals surface area contributed by atoms with E-state index in [-0.39, 0.29) is 37.4 Å². The summed E-state index contributed by atoms with van der Waals surface area (Å²) in [7, 11) is 0. The molecule has 30 heavy (non-hydrogen) atoms. The van der Waals surface area contributed by atoms with Crippen molar-refractivity contribution in [1.29, 1.82) is 0 Å². The minimum absolute atomic E-state index is 0.135.